The second-order valence-electron chi connectivity index (χ2n) is 3.24. The van der Waals surface area contributed by atoms with E-state index >= 15 is 0 Å². The first kappa shape index (κ1) is 11.0. The molecular formula is C11H11ClN4. The van der Waals surface area contributed by atoms with Crippen LogP contribution in [0.5, 0.6) is 0 Å². The number of hydrogen-bond acceptors (Lipinski definition) is 4. The summed E-state index contributed by atoms with van der Waals surface area (Å²) in [6.45, 7) is 1.31. The number of nitrogens with zero attached hydrogens (tertiary/aromatic N) is 3. The Kier molecular flexibility index (Phi) is 3.80. The van der Waals surface area contributed by atoms with Crippen molar-refractivity contribution in [3.05, 3.63) is 53.3 Å². The summed E-state index contributed by atoms with van der Waals surface area (Å²) in [5.41, 5.74) is 0.945. The highest BCUT2D eigenvalue weighted by Gasteiger charge is 1.96. The molecular weight excluding hydrogens is 224 g/mol. The number of rotatable bonds is 4. The highest BCUT2D eigenvalue weighted by molar-refractivity contribution is 6.30. The van der Waals surface area contributed by atoms with Gasteiger partial charge in [-0.15, -0.1) is 0 Å². The van der Waals surface area contributed by atoms with Crippen LogP contribution >= 0.6 is 11.6 Å². The normalized spacial score (nSPS) is 10.3. The molecule has 0 aliphatic carbocycles. The summed E-state index contributed by atoms with van der Waals surface area (Å²) < 4.78 is 0. The lowest BCUT2D eigenvalue weighted by Crippen LogP contribution is -2.15. The fourth-order valence-electron chi connectivity index (χ4n) is 1.23. The van der Waals surface area contributed by atoms with E-state index in [1.165, 1.54) is 0 Å². The maximum atomic E-state index is 5.74. The van der Waals surface area contributed by atoms with Gasteiger partial charge in [0.2, 0.25) is 0 Å². The third-order valence-corrected chi connectivity index (χ3v) is 2.22. The summed E-state index contributed by atoms with van der Waals surface area (Å²) in [7, 11) is 0. The smallest absolute Gasteiger partial charge is 0.141 e. The molecule has 0 bridgehead atoms. The van der Waals surface area contributed by atoms with Gasteiger partial charge in [0.05, 0.1) is 17.3 Å². The third kappa shape index (κ3) is 3.25. The van der Waals surface area contributed by atoms with Gasteiger partial charge in [-0.1, -0.05) is 11.6 Å². The van der Waals surface area contributed by atoms with Crippen molar-refractivity contribution in [1.82, 2.24) is 20.3 Å². The lowest BCUT2D eigenvalue weighted by Gasteiger charge is -2.02. The van der Waals surface area contributed by atoms with E-state index in [2.05, 4.69) is 20.3 Å². The van der Waals surface area contributed by atoms with E-state index in [0.29, 0.717) is 18.1 Å². The molecule has 0 spiro atoms. The van der Waals surface area contributed by atoms with Gasteiger partial charge in [0.15, 0.2) is 0 Å². The Morgan fingerprint density at radius 3 is 2.56 bits per heavy atom. The quantitative estimate of drug-likeness (QED) is 0.877. The van der Waals surface area contributed by atoms with Gasteiger partial charge in [-0.2, -0.15) is 0 Å². The summed E-state index contributed by atoms with van der Waals surface area (Å²) in [5.74, 6) is 0.775. The number of halogens is 1. The molecule has 0 radical (unpaired) electrons. The highest BCUT2D eigenvalue weighted by Crippen LogP contribution is 2.05. The van der Waals surface area contributed by atoms with Crippen LogP contribution in [0, 0.1) is 0 Å². The zero-order chi connectivity index (χ0) is 11.2. The highest BCUT2D eigenvalue weighted by atomic mass is 35.5. The average molecular weight is 235 g/mol. The van der Waals surface area contributed by atoms with Crippen molar-refractivity contribution in [2.75, 3.05) is 0 Å². The van der Waals surface area contributed by atoms with E-state index in [4.69, 9.17) is 11.6 Å². The van der Waals surface area contributed by atoms with E-state index < -0.39 is 0 Å². The van der Waals surface area contributed by atoms with Crippen molar-refractivity contribution < 1.29 is 0 Å². The first-order valence-corrected chi connectivity index (χ1v) is 5.29. The average Bonchev–Trinajstić information content (AvgIpc) is 2.33. The zero-order valence-corrected chi connectivity index (χ0v) is 9.35. The van der Waals surface area contributed by atoms with Crippen LogP contribution in [0.15, 0.2) is 36.8 Å². The molecule has 1 N–H and O–H groups in total. The first-order chi connectivity index (χ1) is 7.84. The van der Waals surface area contributed by atoms with Crippen molar-refractivity contribution in [1.29, 1.82) is 0 Å². The van der Waals surface area contributed by atoms with E-state index in [9.17, 15) is 0 Å². The van der Waals surface area contributed by atoms with E-state index in [-0.39, 0.29) is 0 Å². The first-order valence-electron chi connectivity index (χ1n) is 4.91. The Morgan fingerprint density at radius 1 is 1.06 bits per heavy atom. The molecule has 2 aromatic rings. The fraction of sp³-hybridized carbons (Fsp3) is 0.182. The van der Waals surface area contributed by atoms with Crippen molar-refractivity contribution in [3.63, 3.8) is 0 Å². The maximum Gasteiger partial charge on any atom is 0.141 e. The van der Waals surface area contributed by atoms with Crippen LogP contribution in [0.2, 0.25) is 5.02 Å². The lowest BCUT2D eigenvalue weighted by molar-refractivity contribution is 0.651. The second-order valence-corrected chi connectivity index (χ2v) is 3.67. The van der Waals surface area contributed by atoms with Crippen LogP contribution in [0.25, 0.3) is 0 Å². The number of aromatic nitrogens is 3. The molecule has 2 rings (SSSR count). The van der Waals surface area contributed by atoms with Gasteiger partial charge < -0.3 is 5.32 Å². The van der Waals surface area contributed by atoms with Crippen LogP contribution in [0.4, 0.5) is 0 Å². The second kappa shape index (κ2) is 5.53. The minimum Gasteiger partial charge on any atom is -0.304 e. The Balaban J connectivity index is 1.82. The van der Waals surface area contributed by atoms with Crippen LogP contribution in [-0.4, -0.2) is 15.0 Å². The van der Waals surface area contributed by atoms with E-state index in [1.54, 1.807) is 24.7 Å². The van der Waals surface area contributed by atoms with E-state index in [1.807, 2.05) is 12.1 Å². The summed E-state index contributed by atoms with van der Waals surface area (Å²) in [4.78, 5) is 12.4. The van der Waals surface area contributed by atoms with Crippen LogP contribution in [0.1, 0.15) is 11.5 Å². The number of hydrogen-bond donors (Lipinski definition) is 1. The molecule has 0 unspecified atom stereocenters. The molecule has 5 heteroatoms. The molecule has 0 saturated carbocycles. The lowest BCUT2D eigenvalue weighted by atomic mass is 10.3. The van der Waals surface area contributed by atoms with Crippen LogP contribution in [-0.2, 0) is 13.1 Å². The molecule has 0 aliphatic heterocycles. The van der Waals surface area contributed by atoms with Crippen molar-refractivity contribution in [3.8, 4) is 0 Å². The molecule has 0 aliphatic rings. The summed E-state index contributed by atoms with van der Waals surface area (Å²) in [5, 5.41) is 3.86. The molecule has 0 atom stereocenters. The van der Waals surface area contributed by atoms with Gasteiger partial charge in [-0.25, -0.2) is 9.97 Å². The minimum atomic E-state index is 0.630. The summed E-state index contributed by atoms with van der Waals surface area (Å²) in [6, 6.07) is 5.51. The van der Waals surface area contributed by atoms with Gasteiger partial charge in [-0.05, 0) is 18.2 Å². The predicted octanol–water partition coefficient (Wildman–Crippen LogP) is 1.81. The molecule has 2 heterocycles. The molecule has 0 aromatic carbocycles. The Labute approximate surface area is 98.7 Å². The predicted molar refractivity (Wildman–Crippen MR) is 61.8 cm³/mol. The van der Waals surface area contributed by atoms with Crippen LogP contribution < -0.4 is 5.32 Å². The molecule has 2 aromatic heterocycles. The van der Waals surface area contributed by atoms with Crippen molar-refractivity contribution in [2.45, 2.75) is 13.1 Å². The largest absolute Gasteiger partial charge is 0.304 e. The summed E-state index contributed by atoms with van der Waals surface area (Å²) in [6.07, 6.45) is 5.09. The Hall–Kier alpha value is -1.52. The topological polar surface area (TPSA) is 50.7 Å². The zero-order valence-electron chi connectivity index (χ0n) is 8.60. The molecule has 82 valence electrons. The van der Waals surface area contributed by atoms with Crippen LogP contribution in [0.3, 0.4) is 0 Å². The summed E-state index contributed by atoms with van der Waals surface area (Å²) >= 11 is 5.74. The molecule has 0 saturated heterocycles. The number of nitrogens with one attached hydrogen (secondary N) is 1. The monoisotopic (exact) mass is 234 g/mol. The van der Waals surface area contributed by atoms with Gasteiger partial charge in [0.25, 0.3) is 0 Å². The van der Waals surface area contributed by atoms with Gasteiger partial charge in [0.1, 0.15) is 5.82 Å². The molecule has 4 nitrogen and oxygen atoms in total. The van der Waals surface area contributed by atoms with Gasteiger partial charge in [-0.3, -0.25) is 4.98 Å². The van der Waals surface area contributed by atoms with Gasteiger partial charge in [0, 0.05) is 25.1 Å². The fourth-order valence-corrected chi connectivity index (χ4v) is 1.35. The standard InChI is InChI=1S/C11H11ClN4/c12-9-2-3-10(16-6-9)7-13-8-11-14-4-1-5-15-11/h1-6,13H,7-8H2. The SMILES string of the molecule is Clc1ccc(CNCc2ncccn2)nc1. The Bertz CT molecular complexity index is 429. The molecule has 0 fully saturated rings. The van der Waals surface area contributed by atoms with Crippen molar-refractivity contribution >= 4 is 11.6 Å². The minimum absolute atomic E-state index is 0.630. The Morgan fingerprint density at radius 2 is 1.88 bits per heavy atom. The van der Waals surface area contributed by atoms with Crippen molar-refractivity contribution in [2.24, 2.45) is 0 Å². The maximum absolute atomic E-state index is 5.74. The third-order valence-electron chi connectivity index (χ3n) is 2.00. The number of pyridine rings is 1. The van der Waals surface area contributed by atoms with Gasteiger partial charge >= 0.3 is 0 Å². The molecule has 16 heavy (non-hydrogen) atoms. The van der Waals surface area contributed by atoms with E-state index in [0.717, 1.165) is 11.5 Å². The molecule has 0 amide bonds.